The van der Waals surface area contributed by atoms with E-state index in [1.165, 1.54) is 19.2 Å². The van der Waals surface area contributed by atoms with E-state index in [0.717, 1.165) is 5.56 Å². The topological polar surface area (TPSA) is 50.4 Å². The second kappa shape index (κ2) is 7.13. The van der Waals surface area contributed by atoms with Gasteiger partial charge < -0.3 is 15.4 Å². The van der Waals surface area contributed by atoms with Gasteiger partial charge in [-0.2, -0.15) is 0 Å². The van der Waals surface area contributed by atoms with Crippen LogP contribution in [-0.2, 0) is 6.54 Å². The van der Waals surface area contributed by atoms with Gasteiger partial charge >= 0.3 is 6.03 Å². The maximum absolute atomic E-state index is 13.1. The minimum Gasteiger partial charge on any atom is -0.495 e. The van der Waals surface area contributed by atoms with Crippen LogP contribution in [0.2, 0.25) is 5.02 Å². The average molecular weight is 323 g/mol. The molecule has 0 aliphatic heterocycles. The largest absolute Gasteiger partial charge is 0.495 e. The number of carbonyl (C=O) groups excluding carboxylic acids is 1. The fraction of sp³-hybridized carbons (Fsp3) is 0.188. The van der Waals surface area contributed by atoms with E-state index in [9.17, 15) is 9.18 Å². The molecule has 0 saturated carbocycles. The van der Waals surface area contributed by atoms with Gasteiger partial charge in [-0.15, -0.1) is 0 Å². The van der Waals surface area contributed by atoms with Gasteiger partial charge in [0.05, 0.1) is 12.8 Å². The molecule has 0 aromatic heterocycles. The summed E-state index contributed by atoms with van der Waals surface area (Å²) in [5, 5.41) is 5.90. The van der Waals surface area contributed by atoms with Crippen molar-refractivity contribution in [2.24, 2.45) is 0 Å². The quantitative estimate of drug-likeness (QED) is 0.889. The van der Waals surface area contributed by atoms with Crippen molar-refractivity contribution in [3.05, 3.63) is 58.4 Å². The van der Waals surface area contributed by atoms with Crippen molar-refractivity contribution in [1.82, 2.24) is 5.32 Å². The highest BCUT2D eigenvalue weighted by atomic mass is 35.5. The molecule has 0 atom stereocenters. The molecular weight excluding hydrogens is 307 g/mol. The number of benzene rings is 2. The molecule has 2 aromatic carbocycles. The van der Waals surface area contributed by atoms with Gasteiger partial charge in [0.15, 0.2) is 0 Å². The molecule has 0 spiro atoms. The van der Waals surface area contributed by atoms with Gasteiger partial charge in [-0.3, -0.25) is 0 Å². The summed E-state index contributed by atoms with van der Waals surface area (Å²) < 4.78 is 18.2. The zero-order valence-corrected chi connectivity index (χ0v) is 13.0. The smallest absolute Gasteiger partial charge is 0.319 e. The first-order valence-electron chi connectivity index (χ1n) is 6.63. The summed E-state index contributed by atoms with van der Waals surface area (Å²) in [4.78, 5) is 11.9. The van der Waals surface area contributed by atoms with E-state index in [0.29, 0.717) is 22.0 Å². The Bertz CT molecular complexity index is 692. The molecule has 2 N–H and O–H groups in total. The molecule has 0 heterocycles. The average Bonchev–Trinajstić information content (AvgIpc) is 2.49. The summed E-state index contributed by atoms with van der Waals surface area (Å²) in [6, 6.07) is 9.00. The minimum atomic E-state index is -0.413. The van der Waals surface area contributed by atoms with Crippen LogP contribution in [0.4, 0.5) is 14.9 Å². The lowest BCUT2D eigenvalue weighted by Crippen LogP contribution is -2.28. The molecule has 6 heteroatoms. The SMILES string of the molecule is COc1cc(Cl)c(C)cc1NC(=O)NCc1cccc(F)c1. The number of ether oxygens (including phenoxy) is 1. The van der Waals surface area contributed by atoms with E-state index in [2.05, 4.69) is 10.6 Å². The fourth-order valence-corrected chi connectivity index (χ4v) is 2.08. The van der Waals surface area contributed by atoms with Crippen LogP contribution in [0.5, 0.6) is 5.75 Å². The summed E-state index contributed by atoms with van der Waals surface area (Å²) in [5.41, 5.74) is 2.01. The van der Waals surface area contributed by atoms with Crippen molar-refractivity contribution in [2.75, 3.05) is 12.4 Å². The standard InChI is InChI=1S/C16H16ClFN2O2/c1-10-6-14(15(22-2)8-13(10)17)20-16(21)19-9-11-4-3-5-12(18)7-11/h3-8H,9H2,1-2H3,(H2,19,20,21). The second-order valence-electron chi connectivity index (χ2n) is 4.74. The van der Waals surface area contributed by atoms with Crippen LogP contribution >= 0.6 is 11.6 Å². The van der Waals surface area contributed by atoms with E-state index in [-0.39, 0.29) is 12.4 Å². The van der Waals surface area contributed by atoms with Crippen LogP contribution in [0, 0.1) is 12.7 Å². The molecule has 2 amide bonds. The van der Waals surface area contributed by atoms with Crippen molar-refractivity contribution in [3.8, 4) is 5.75 Å². The van der Waals surface area contributed by atoms with Crippen LogP contribution < -0.4 is 15.4 Å². The number of anilines is 1. The van der Waals surface area contributed by atoms with Crippen molar-refractivity contribution < 1.29 is 13.9 Å². The van der Waals surface area contributed by atoms with Crippen LogP contribution in [0.15, 0.2) is 36.4 Å². The predicted molar refractivity (Wildman–Crippen MR) is 85.0 cm³/mol. The lowest BCUT2D eigenvalue weighted by Gasteiger charge is -2.13. The highest BCUT2D eigenvalue weighted by molar-refractivity contribution is 6.31. The van der Waals surface area contributed by atoms with Gasteiger partial charge in [0.1, 0.15) is 11.6 Å². The number of hydrogen-bond donors (Lipinski definition) is 2. The van der Waals surface area contributed by atoms with Crippen LogP contribution in [0.1, 0.15) is 11.1 Å². The van der Waals surface area contributed by atoms with Gasteiger partial charge in [0.25, 0.3) is 0 Å². The van der Waals surface area contributed by atoms with Crippen molar-refractivity contribution in [3.63, 3.8) is 0 Å². The molecule has 0 radical (unpaired) electrons. The molecule has 22 heavy (non-hydrogen) atoms. The molecule has 4 nitrogen and oxygen atoms in total. The maximum atomic E-state index is 13.1. The molecule has 0 aliphatic rings. The van der Waals surface area contributed by atoms with Gasteiger partial charge in [0.2, 0.25) is 0 Å². The lowest BCUT2D eigenvalue weighted by molar-refractivity contribution is 0.251. The Morgan fingerprint density at radius 2 is 2.09 bits per heavy atom. The Kier molecular flexibility index (Phi) is 5.22. The van der Waals surface area contributed by atoms with Gasteiger partial charge in [-0.05, 0) is 36.2 Å². The normalized spacial score (nSPS) is 10.2. The Morgan fingerprint density at radius 3 is 2.77 bits per heavy atom. The van der Waals surface area contributed by atoms with Crippen molar-refractivity contribution >= 4 is 23.3 Å². The van der Waals surface area contributed by atoms with E-state index < -0.39 is 6.03 Å². The van der Waals surface area contributed by atoms with Gasteiger partial charge in [-0.25, -0.2) is 9.18 Å². The molecule has 0 fully saturated rings. The molecule has 116 valence electrons. The van der Waals surface area contributed by atoms with E-state index in [4.69, 9.17) is 16.3 Å². The third kappa shape index (κ3) is 4.11. The Hall–Kier alpha value is -2.27. The molecule has 0 saturated heterocycles. The van der Waals surface area contributed by atoms with Crippen molar-refractivity contribution in [2.45, 2.75) is 13.5 Å². The first kappa shape index (κ1) is 16.1. The highest BCUT2D eigenvalue weighted by Gasteiger charge is 2.10. The first-order valence-corrected chi connectivity index (χ1v) is 7.01. The third-order valence-corrected chi connectivity index (χ3v) is 3.48. The van der Waals surface area contributed by atoms with Gasteiger partial charge in [0, 0.05) is 17.6 Å². The van der Waals surface area contributed by atoms with Crippen LogP contribution in [-0.4, -0.2) is 13.1 Å². The van der Waals surface area contributed by atoms with E-state index in [1.807, 2.05) is 6.92 Å². The summed E-state index contributed by atoms with van der Waals surface area (Å²) in [7, 11) is 1.50. The predicted octanol–water partition coefficient (Wildman–Crippen LogP) is 4.12. The molecule has 0 unspecified atom stereocenters. The number of hydrogen-bond acceptors (Lipinski definition) is 2. The number of urea groups is 1. The van der Waals surface area contributed by atoms with Gasteiger partial charge in [-0.1, -0.05) is 23.7 Å². The summed E-state index contributed by atoms with van der Waals surface area (Å²) in [5.74, 6) is 0.131. The number of halogens is 2. The Balaban J connectivity index is 2.01. The Labute approximate surface area is 133 Å². The van der Waals surface area contributed by atoms with Crippen LogP contribution in [0.3, 0.4) is 0 Å². The maximum Gasteiger partial charge on any atom is 0.319 e. The number of amides is 2. The third-order valence-electron chi connectivity index (χ3n) is 3.07. The number of rotatable bonds is 4. The molecule has 0 aliphatic carbocycles. The Morgan fingerprint density at radius 1 is 1.32 bits per heavy atom. The summed E-state index contributed by atoms with van der Waals surface area (Å²) >= 11 is 6.01. The molecule has 2 aromatic rings. The monoisotopic (exact) mass is 322 g/mol. The van der Waals surface area contributed by atoms with E-state index >= 15 is 0 Å². The molecule has 0 bridgehead atoms. The van der Waals surface area contributed by atoms with Crippen molar-refractivity contribution in [1.29, 1.82) is 0 Å². The number of aryl methyl sites for hydroxylation is 1. The molecular formula is C16H16ClFN2O2. The highest BCUT2D eigenvalue weighted by Crippen LogP contribution is 2.30. The zero-order chi connectivity index (χ0) is 16.1. The molecule has 2 rings (SSSR count). The van der Waals surface area contributed by atoms with Crippen LogP contribution in [0.25, 0.3) is 0 Å². The number of carbonyl (C=O) groups is 1. The minimum absolute atomic E-state index is 0.221. The summed E-state index contributed by atoms with van der Waals surface area (Å²) in [6.07, 6.45) is 0. The fourth-order valence-electron chi connectivity index (χ4n) is 1.93. The zero-order valence-electron chi connectivity index (χ0n) is 12.2. The second-order valence-corrected chi connectivity index (χ2v) is 5.15. The number of nitrogens with one attached hydrogen (secondary N) is 2. The number of methoxy groups -OCH3 is 1. The lowest BCUT2D eigenvalue weighted by atomic mass is 10.2. The first-order chi connectivity index (χ1) is 10.5. The summed E-state index contributed by atoms with van der Waals surface area (Å²) in [6.45, 7) is 2.05. The van der Waals surface area contributed by atoms with E-state index in [1.54, 1.807) is 24.3 Å².